The molecule has 0 amide bonds. The second-order valence-corrected chi connectivity index (χ2v) is 23.0. The standard InChI is InChI=1S/C82H62F2N2/c1-7-57-29-37-61(38-30-57)81(73-49-53(3)25-27-55(73)5)71-19-11-9-17-67(71)69-47-45-65(51-75(69)81)85(79-23-15-13-21-77(79)83)63-41-33-59(34-42-63)60-35-43-64(44-36-60)86(80-24-16-14-22-78(80)84)66-46-48-70-68-18-10-12-20-72(68)82(76(70)52-66,62-39-31-58(8-2)32-40-62)74-50-54(4)26-28-56(74)6/h7-52H,1-2H2,3-6H3. The summed E-state index contributed by atoms with van der Waals surface area (Å²) in [5.74, 6) is -0.663. The number of benzene rings is 12. The first kappa shape index (κ1) is 53.6. The van der Waals surface area contributed by atoms with Crippen LogP contribution in [0.2, 0.25) is 0 Å². The van der Waals surface area contributed by atoms with Crippen molar-refractivity contribution in [3.8, 4) is 33.4 Å². The van der Waals surface area contributed by atoms with Crippen LogP contribution >= 0.6 is 0 Å². The van der Waals surface area contributed by atoms with Crippen LogP contribution in [0.15, 0.2) is 280 Å². The molecule has 2 unspecified atom stereocenters. The Bertz CT molecular complexity index is 4340. The van der Waals surface area contributed by atoms with Crippen molar-refractivity contribution < 1.29 is 8.78 Å². The van der Waals surface area contributed by atoms with E-state index in [0.717, 1.165) is 78.4 Å². The highest BCUT2D eigenvalue weighted by molar-refractivity contribution is 5.92. The molecular weight excluding hydrogens is 1050 g/mol. The van der Waals surface area contributed by atoms with E-state index in [-0.39, 0.29) is 11.6 Å². The van der Waals surface area contributed by atoms with E-state index in [4.69, 9.17) is 0 Å². The number of anilines is 6. The Kier molecular flexibility index (Phi) is 13.3. The van der Waals surface area contributed by atoms with Gasteiger partial charge in [0.1, 0.15) is 11.6 Å². The monoisotopic (exact) mass is 1110 g/mol. The van der Waals surface area contributed by atoms with E-state index in [0.29, 0.717) is 11.4 Å². The van der Waals surface area contributed by atoms with Gasteiger partial charge in [-0.05, 0) is 201 Å². The third-order valence-electron chi connectivity index (χ3n) is 18.1. The molecule has 2 atom stereocenters. The number of aryl methyl sites for hydroxylation is 4. The number of halogens is 2. The molecule has 0 radical (unpaired) electrons. The lowest BCUT2D eigenvalue weighted by Crippen LogP contribution is -2.30. The lowest BCUT2D eigenvalue weighted by molar-refractivity contribution is 0.628. The van der Waals surface area contributed by atoms with E-state index in [1.807, 2.05) is 46.2 Å². The second kappa shape index (κ2) is 21.3. The van der Waals surface area contributed by atoms with Crippen molar-refractivity contribution in [3.05, 3.63) is 370 Å². The molecule has 0 spiro atoms. The molecule has 0 saturated carbocycles. The number of nitrogens with zero attached hydrogens (tertiary/aromatic N) is 2. The van der Waals surface area contributed by atoms with Gasteiger partial charge in [0.2, 0.25) is 0 Å². The SMILES string of the molecule is C=Cc1ccc(C2(c3cc(C)ccc3C)c3ccccc3-c3ccc(N(c4ccc(-c5ccc(N(c6ccc7c(c6)C(c6ccc(C=C)cc6)(c6cc(C)ccc6C)c6ccccc6-7)c6ccccc6F)cc5)cc4)c4ccccc4F)cc32)cc1. The van der Waals surface area contributed by atoms with Crippen LogP contribution in [-0.4, -0.2) is 0 Å². The third kappa shape index (κ3) is 8.50. The van der Waals surface area contributed by atoms with E-state index >= 15 is 8.78 Å². The van der Waals surface area contributed by atoms with Crippen molar-refractivity contribution in [1.29, 1.82) is 0 Å². The Morgan fingerprint density at radius 1 is 0.314 bits per heavy atom. The van der Waals surface area contributed by atoms with E-state index in [2.05, 4.69) is 259 Å². The van der Waals surface area contributed by atoms with Gasteiger partial charge in [0.15, 0.2) is 0 Å². The largest absolute Gasteiger partial charge is 0.308 e. The summed E-state index contributed by atoms with van der Waals surface area (Å²) in [6, 6.07) is 92.5. The highest BCUT2D eigenvalue weighted by Gasteiger charge is 2.49. The first-order chi connectivity index (χ1) is 42.0. The maximum Gasteiger partial charge on any atom is 0.147 e. The van der Waals surface area contributed by atoms with Crippen LogP contribution in [0.5, 0.6) is 0 Å². The molecule has 0 saturated heterocycles. The predicted molar refractivity (Wildman–Crippen MR) is 355 cm³/mol. The van der Waals surface area contributed by atoms with Gasteiger partial charge in [-0.3, -0.25) is 0 Å². The van der Waals surface area contributed by atoms with E-state index in [1.54, 1.807) is 12.1 Å². The third-order valence-corrected chi connectivity index (χ3v) is 18.1. The zero-order valence-corrected chi connectivity index (χ0v) is 48.6. The number of fused-ring (bicyclic) bond motifs is 6. The summed E-state index contributed by atoms with van der Waals surface area (Å²) in [6.07, 6.45) is 3.77. The Hall–Kier alpha value is -10.4. The second-order valence-electron chi connectivity index (χ2n) is 23.0. The van der Waals surface area contributed by atoms with Crippen molar-refractivity contribution in [3.63, 3.8) is 0 Å². The van der Waals surface area contributed by atoms with Crippen molar-refractivity contribution in [2.45, 2.75) is 38.5 Å². The minimum atomic E-state index is -0.688. The molecule has 0 bridgehead atoms. The Morgan fingerprint density at radius 3 is 1.05 bits per heavy atom. The van der Waals surface area contributed by atoms with Gasteiger partial charge < -0.3 is 9.80 Å². The summed E-state index contributed by atoms with van der Waals surface area (Å²) in [5, 5.41) is 0. The molecule has 2 nitrogen and oxygen atoms in total. The molecule has 0 aromatic heterocycles. The molecule has 2 aliphatic rings. The molecule has 14 rings (SSSR count). The minimum absolute atomic E-state index is 0.331. The first-order valence-electron chi connectivity index (χ1n) is 29.4. The van der Waals surface area contributed by atoms with Crippen molar-refractivity contribution in [2.75, 3.05) is 9.80 Å². The topological polar surface area (TPSA) is 6.48 Å². The van der Waals surface area contributed by atoms with Crippen LogP contribution in [0.25, 0.3) is 45.5 Å². The fourth-order valence-electron chi connectivity index (χ4n) is 14.1. The fraction of sp³-hybridized carbons (Fsp3) is 0.0732. The molecule has 4 heteroatoms. The van der Waals surface area contributed by atoms with Crippen molar-refractivity contribution >= 4 is 46.3 Å². The minimum Gasteiger partial charge on any atom is -0.308 e. The maximum atomic E-state index is 16.6. The molecule has 0 aliphatic heterocycles. The summed E-state index contributed by atoms with van der Waals surface area (Å²) < 4.78 is 33.1. The first-order valence-corrected chi connectivity index (χ1v) is 29.4. The summed E-state index contributed by atoms with van der Waals surface area (Å²) in [6.45, 7) is 16.9. The fourth-order valence-corrected chi connectivity index (χ4v) is 14.1. The van der Waals surface area contributed by atoms with Crippen molar-refractivity contribution in [1.82, 2.24) is 0 Å². The van der Waals surface area contributed by atoms with Gasteiger partial charge in [-0.25, -0.2) is 8.78 Å². The molecule has 0 N–H and O–H groups in total. The summed E-state index contributed by atoms with van der Waals surface area (Å²) in [5.41, 5.74) is 25.5. The predicted octanol–water partition coefficient (Wildman–Crippen LogP) is 21.8. The average Bonchev–Trinajstić information content (AvgIpc) is 1.53. The zero-order chi connectivity index (χ0) is 58.8. The van der Waals surface area contributed by atoms with Crippen LogP contribution < -0.4 is 9.80 Å². The van der Waals surface area contributed by atoms with Crippen LogP contribution in [0.3, 0.4) is 0 Å². The molecule has 0 heterocycles. The quantitative estimate of drug-likeness (QED) is 0.114. The van der Waals surface area contributed by atoms with E-state index in [1.165, 1.54) is 67.8 Å². The number of rotatable bonds is 13. The van der Waals surface area contributed by atoms with Crippen LogP contribution in [-0.2, 0) is 10.8 Å². The zero-order valence-electron chi connectivity index (χ0n) is 48.6. The van der Waals surface area contributed by atoms with Gasteiger partial charge in [-0.15, -0.1) is 0 Å². The molecule has 414 valence electrons. The highest BCUT2D eigenvalue weighted by Crippen LogP contribution is 2.60. The van der Waals surface area contributed by atoms with Gasteiger partial charge in [0.05, 0.1) is 22.2 Å². The number of hydrogen-bond donors (Lipinski definition) is 0. The Balaban J connectivity index is 0.873. The molecule has 2 aliphatic carbocycles. The molecule has 12 aromatic carbocycles. The summed E-state index contributed by atoms with van der Waals surface area (Å²) >= 11 is 0. The molecular formula is C82H62F2N2. The van der Waals surface area contributed by atoms with E-state index < -0.39 is 10.8 Å². The summed E-state index contributed by atoms with van der Waals surface area (Å²) in [4.78, 5) is 4.07. The lowest BCUT2D eigenvalue weighted by Gasteiger charge is -2.36. The smallest absolute Gasteiger partial charge is 0.147 e. The summed E-state index contributed by atoms with van der Waals surface area (Å²) in [7, 11) is 0. The lowest BCUT2D eigenvalue weighted by atomic mass is 9.66. The van der Waals surface area contributed by atoms with Gasteiger partial charge in [0.25, 0.3) is 0 Å². The highest BCUT2D eigenvalue weighted by atomic mass is 19.1. The average molecular weight is 1110 g/mol. The van der Waals surface area contributed by atoms with E-state index in [9.17, 15) is 0 Å². The molecule has 12 aromatic rings. The van der Waals surface area contributed by atoms with Crippen LogP contribution in [0, 0.1) is 39.3 Å². The van der Waals surface area contributed by atoms with Crippen molar-refractivity contribution in [2.24, 2.45) is 0 Å². The number of para-hydroxylation sites is 2. The Morgan fingerprint density at radius 2 is 0.663 bits per heavy atom. The van der Waals surface area contributed by atoms with Gasteiger partial charge in [-0.1, -0.05) is 231 Å². The maximum absolute atomic E-state index is 16.6. The molecule has 0 fully saturated rings. The van der Waals surface area contributed by atoms with Gasteiger partial charge >= 0.3 is 0 Å². The van der Waals surface area contributed by atoms with Gasteiger partial charge in [0, 0.05) is 22.7 Å². The number of hydrogen-bond acceptors (Lipinski definition) is 2. The normalized spacial score (nSPS) is 15.3. The molecule has 86 heavy (non-hydrogen) atoms. The van der Waals surface area contributed by atoms with Crippen LogP contribution in [0.4, 0.5) is 42.9 Å². The van der Waals surface area contributed by atoms with Crippen LogP contribution in [0.1, 0.15) is 77.9 Å². The van der Waals surface area contributed by atoms with Gasteiger partial charge in [-0.2, -0.15) is 0 Å². The Labute approximate surface area is 503 Å².